The second-order valence-corrected chi connectivity index (χ2v) is 5.47. The molecule has 5 nitrogen and oxygen atoms in total. The molecule has 0 unspecified atom stereocenters. The van der Waals surface area contributed by atoms with Gasteiger partial charge in [-0.25, -0.2) is 0 Å². The van der Waals surface area contributed by atoms with Gasteiger partial charge in [0, 0.05) is 28.0 Å². The molecule has 3 rings (SSSR count). The molecule has 0 radical (unpaired) electrons. The first kappa shape index (κ1) is 15.2. The molecule has 3 aromatic rings. The van der Waals surface area contributed by atoms with Crippen LogP contribution in [0.1, 0.15) is 23.7 Å². The van der Waals surface area contributed by atoms with Crippen molar-refractivity contribution in [1.29, 1.82) is 0 Å². The topological polar surface area (TPSA) is 74.8 Å². The molecular weight excluding hydrogens is 314 g/mol. The summed E-state index contributed by atoms with van der Waals surface area (Å²) in [7, 11) is 0. The first-order chi connectivity index (χ1) is 11.1. The number of aromatic amines is 1. The molecular formula is C17H14ClN3O2. The van der Waals surface area contributed by atoms with E-state index in [1.54, 1.807) is 18.2 Å². The Bertz CT molecular complexity index is 902. The van der Waals surface area contributed by atoms with Crippen molar-refractivity contribution in [2.45, 2.75) is 13.3 Å². The number of Topliss-reactive ketones (excluding diaryl/α,β-unsaturated/α-hetero) is 1. The molecule has 0 aliphatic rings. The summed E-state index contributed by atoms with van der Waals surface area (Å²) in [6.07, 6.45) is 1.02. The molecule has 116 valence electrons. The zero-order chi connectivity index (χ0) is 16.4. The van der Waals surface area contributed by atoms with Crippen molar-refractivity contribution in [3.63, 3.8) is 0 Å². The van der Waals surface area contributed by atoms with E-state index in [0.29, 0.717) is 29.2 Å². The van der Waals surface area contributed by atoms with Crippen LogP contribution in [0.5, 0.6) is 0 Å². The van der Waals surface area contributed by atoms with Gasteiger partial charge in [-0.3, -0.25) is 14.7 Å². The molecule has 1 amide bonds. The number of halogens is 1. The molecule has 0 aliphatic heterocycles. The number of hydrogen-bond acceptors (Lipinski definition) is 3. The number of nitrogens with one attached hydrogen (secondary N) is 2. The van der Waals surface area contributed by atoms with E-state index in [-0.39, 0.29) is 5.78 Å². The van der Waals surface area contributed by atoms with Crippen LogP contribution in [-0.4, -0.2) is 22.4 Å². The van der Waals surface area contributed by atoms with Gasteiger partial charge in [-0.05, 0) is 35.9 Å². The van der Waals surface area contributed by atoms with E-state index in [0.717, 1.165) is 22.0 Å². The largest absolute Gasteiger partial charge is 0.311 e. The Morgan fingerprint density at radius 2 is 2.13 bits per heavy atom. The number of benzene rings is 2. The molecule has 0 saturated carbocycles. The van der Waals surface area contributed by atoms with Crippen molar-refractivity contribution in [3.8, 4) is 11.1 Å². The second-order valence-electron chi connectivity index (χ2n) is 5.07. The number of aromatic nitrogens is 2. The Kier molecular flexibility index (Phi) is 4.12. The molecule has 2 N–H and O–H groups in total. The molecule has 6 heteroatoms. The van der Waals surface area contributed by atoms with Gasteiger partial charge >= 0.3 is 0 Å². The van der Waals surface area contributed by atoms with Crippen LogP contribution in [0.15, 0.2) is 36.4 Å². The number of nitrogens with zero attached hydrogens (tertiary/aromatic N) is 1. The second kappa shape index (κ2) is 6.22. The van der Waals surface area contributed by atoms with E-state index in [1.807, 2.05) is 25.1 Å². The number of rotatable bonds is 5. The summed E-state index contributed by atoms with van der Waals surface area (Å²) in [5.41, 5.74) is 3.05. The number of carbonyl (C=O) groups excluding carboxylic acids is 2. The minimum atomic E-state index is 0.0654. The van der Waals surface area contributed by atoms with Gasteiger partial charge in [0.15, 0.2) is 11.6 Å². The highest BCUT2D eigenvalue weighted by molar-refractivity contribution is 6.33. The summed E-state index contributed by atoms with van der Waals surface area (Å²) in [6, 6.07) is 10.9. The number of H-pyrrole nitrogens is 1. The van der Waals surface area contributed by atoms with E-state index in [1.165, 1.54) is 0 Å². The predicted molar refractivity (Wildman–Crippen MR) is 90.8 cm³/mol. The van der Waals surface area contributed by atoms with Crippen LogP contribution < -0.4 is 5.32 Å². The van der Waals surface area contributed by atoms with E-state index in [2.05, 4.69) is 15.5 Å². The van der Waals surface area contributed by atoms with Gasteiger partial charge in [-0.15, -0.1) is 0 Å². The van der Waals surface area contributed by atoms with Crippen molar-refractivity contribution in [3.05, 3.63) is 47.0 Å². The van der Waals surface area contributed by atoms with Crippen molar-refractivity contribution in [1.82, 2.24) is 10.2 Å². The molecule has 0 fully saturated rings. The van der Waals surface area contributed by atoms with Crippen molar-refractivity contribution in [2.75, 3.05) is 5.32 Å². The predicted octanol–water partition coefficient (Wildman–Crippen LogP) is 4.04. The third kappa shape index (κ3) is 2.83. The van der Waals surface area contributed by atoms with Crippen molar-refractivity contribution < 1.29 is 9.59 Å². The Labute approximate surface area is 137 Å². The summed E-state index contributed by atoms with van der Waals surface area (Å²) in [5.74, 6) is 0.518. The lowest BCUT2D eigenvalue weighted by Crippen LogP contribution is -1.97. The average Bonchev–Trinajstić information content (AvgIpc) is 2.97. The molecule has 23 heavy (non-hydrogen) atoms. The fourth-order valence-corrected chi connectivity index (χ4v) is 2.70. The third-order valence-corrected chi connectivity index (χ3v) is 4.01. The molecule has 0 saturated heterocycles. The smallest absolute Gasteiger partial charge is 0.212 e. The maximum atomic E-state index is 11.9. The Balaban J connectivity index is 2.14. The minimum Gasteiger partial charge on any atom is -0.311 e. The molecule has 0 bridgehead atoms. The quantitative estimate of drug-likeness (QED) is 0.548. The van der Waals surface area contributed by atoms with Gasteiger partial charge < -0.3 is 5.32 Å². The number of amides is 1. The van der Waals surface area contributed by atoms with Gasteiger partial charge in [-0.2, -0.15) is 5.10 Å². The van der Waals surface area contributed by atoms with Crippen LogP contribution in [0, 0.1) is 0 Å². The highest BCUT2D eigenvalue weighted by Gasteiger charge is 2.12. The fraction of sp³-hybridized carbons (Fsp3) is 0.118. The van der Waals surface area contributed by atoms with Crippen LogP contribution in [0.4, 0.5) is 5.82 Å². The third-order valence-electron chi connectivity index (χ3n) is 3.68. The average molecular weight is 328 g/mol. The maximum absolute atomic E-state index is 11.9. The van der Waals surface area contributed by atoms with Crippen molar-refractivity contribution >= 4 is 40.5 Å². The molecule has 0 aliphatic carbocycles. The number of anilines is 1. The summed E-state index contributed by atoms with van der Waals surface area (Å²) in [4.78, 5) is 22.6. The van der Waals surface area contributed by atoms with Gasteiger partial charge in [0.25, 0.3) is 0 Å². The lowest BCUT2D eigenvalue weighted by Gasteiger charge is -2.08. The van der Waals surface area contributed by atoms with E-state index in [4.69, 9.17) is 11.6 Å². The van der Waals surface area contributed by atoms with Crippen LogP contribution in [0.3, 0.4) is 0 Å². The fourth-order valence-electron chi connectivity index (χ4n) is 2.47. The monoisotopic (exact) mass is 327 g/mol. The van der Waals surface area contributed by atoms with Crippen LogP contribution in [0.25, 0.3) is 22.0 Å². The Hall–Kier alpha value is -2.66. The first-order valence-corrected chi connectivity index (χ1v) is 7.53. The number of hydrogen-bond donors (Lipinski definition) is 2. The Morgan fingerprint density at radius 1 is 1.30 bits per heavy atom. The highest BCUT2D eigenvalue weighted by Crippen LogP contribution is 2.32. The van der Waals surface area contributed by atoms with Crippen molar-refractivity contribution in [2.24, 2.45) is 0 Å². The van der Waals surface area contributed by atoms with E-state index < -0.39 is 0 Å². The SMILES string of the molecule is CCC(=O)c1ccc(Cl)c(-c2ccc3[nH]nc(NC=O)c3c2)c1. The maximum Gasteiger partial charge on any atom is 0.212 e. The van der Waals surface area contributed by atoms with Gasteiger partial charge in [-0.1, -0.05) is 24.6 Å². The zero-order valence-corrected chi connectivity index (χ0v) is 13.1. The van der Waals surface area contributed by atoms with E-state index in [9.17, 15) is 9.59 Å². The zero-order valence-electron chi connectivity index (χ0n) is 12.4. The lowest BCUT2D eigenvalue weighted by molar-refractivity contribution is -0.105. The molecule has 1 aromatic heterocycles. The standard InChI is InChI=1S/C17H14ClN3O2/c1-2-16(23)11-3-5-14(18)12(8-11)10-4-6-15-13(7-10)17(19-9-22)21-20-15/h3-9H,2H2,1H3,(H2,19,20,21,22). The summed E-state index contributed by atoms with van der Waals surface area (Å²) >= 11 is 6.30. The van der Waals surface area contributed by atoms with Gasteiger partial charge in [0.2, 0.25) is 6.41 Å². The minimum absolute atomic E-state index is 0.0654. The molecule has 0 spiro atoms. The van der Waals surface area contributed by atoms with Crippen LogP contribution >= 0.6 is 11.6 Å². The van der Waals surface area contributed by atoms with Gasteiger partial charge in [0.1, 0.15) is 0 Å². The first-order valence-electron chi connectivity index (χ1n) is 7.15. The number of carbonyl (C=O) groups is 2. The molecule has 2 aromatic carbocycles. The van der Waals surface area contributed by atoms with E-state index >= 15 is 0 Å². The summed E-state index contributed by atoms with van der Waals surface area (Å²) in [5, 5.41) is 10.8. The molecule has 0 atom stereocenters. The summed E-state index contributed by atoms with van der Waals surface area (Å²) in [6.45, 7) is 1.82. The normalized spacial score (nSPS) is 10.7. The number of fused-ring (bicyclic) bond motifs is 1. The van der Waals surface area contributed by atoms with Crippen LogP contribution in [-0.2, 0) is 4.79 Å². The molecule has 1 heterocycles. The summed E-state index contributed by atoms with van der Waals surface area (Å²) < 4.78 is 0. The Morgan fingerprint density at radius 3 is 2.87 bits per heavy atom. The van der Waals surface area contributed by atoms with Gasteiger partial charge in [0.05, 0.1) is 5.52 Å². The van der Waals surface area contributed by atoms with Crippen LogP contribution in [0.2, 0.25) is 5.02 Å². The number of ketones is 1. The highest BCUT2D eigenvalue weighted by atomic mass is 35.5. The lowest BCUT2D eigenvalue weighted by atomic mass is 9.99.